The molecule has 1 aromatic carbocycles. The van der Waals surface area contributed by atoms with Crippen LogP contribution >= 0.6 is 11.6 Å². The van der Waals surface area contributed by atoms with Crippen molar-refractivity contribution >= 4 is 33.2 Å². The quantitative estimate of drug-likeness (QED) is 0.791. The van der Waals surface area contributed by atoms with Crippen LogP contribution in [-0.4, -0.2) is 20.2 Å². The van der Waals surface area contributed by atoms with Crippen molar-refractivity contribution in [2.24, 2.45) is 5.14 Å². The normalized spacial score (nSPS) is 11.2. The summed E-state index contributed by atoms with van der Waals surface area (Å²) in [5.41, 5.74) is 0.867. The Hall–Kier alpha value is -1.11. The molecule has 0 fully saturated rings. The molecule has 0 heterocycles. The van der Waals surface area contributed by atoms with E-state index in [2.05, 4.69) is 5.32 Å². The molecule has 7 heteroatoms. The van der Waals surface area contributed by atoms with E-state index in [0.717, 1.165) is 0 Å². The molecule has 0 spiro atoms. The molecule has 0 saturated heterocycles. The molecule has 0 aliphatic heterocycles. The van der Waals surface area contributed by atoms with Gasteiger partial charge in [-0.15, -0.1) is 11.6 Å². The number of halogens is 1. The highest BCUT2D eigenvalue weighted by Crippen LogP contribution is 2.18. The van der Waals surface area contributed by atoms with Gasteiger partial charge in [0.15, 0.2) is 0 Å². The van der Waals surface area contributed by atoms with E-state index in [-0.39, 0.29) is 10.8 Å². The standard InChI is InChI=1S/C9H11ClN2O3S/c1-6-2-3-7(12-9(13)5-10)4-8(6)16(11,14)15/h2-4H,5H2,1H3,(H,12,13)(H2,11,14,15). The Kier molecular flexibility index (Phi) is 3.90. The van der Waals surface area contributed by atoms with Crippen LogP contribution in [0, 0.1) is 6.92 Å². The molecule has 0 atom stereocenters. The van der Waals surface area contributed by atoms with Gasteiger partial charge in [-0.05, 0) is 24.6 Å². The number of rotatable bonds is 3. The molecule has 5 nitrogen and oxygen atoms in total. The predicted octanol–water partition coefficient (Wildman–Crippen LogP) is 0.820. The number of amides is 1. The summed E-state index contributed by atoms with van der Waals surface area (Å²) in [5.74, 6) is -0.607. The minimum absolute atomic E-state index is 0.0140. The fraction of sp³-hybridized carbons (Fsp3) is 0.222. The molecule has 0 bridgehead atoms. The lowest BCUT2D eigenvalue weighted by Gasteiger charge is -2.07. The molecule has 0 unspecified atom stereocenters. The summed E-state index contributed by atoms with van der Waals surface area (Å²) in [4.78, 5) is 11.0. The van der Waals surface area contributed by atoms with E-state index in [9.17, 15) is 13.2 Å². The van der Waals surface area contributed by atoms with Crippen molar-refractivity contribution in [3.05, 3.63) is 23.8 Å². The van der Waals surface area contributed by atoms with E-state index >= 15 is 0 Å². The monoisotopic (exact) mass is 262 g/mol. The number of sulfonamides is 1. The number of hydrogen-bond donors (Lipinski definition) is 2. The minimum atomic E-state index is -3.78. The Morgan fingerprint density at radius 3 is 2.62 bits per heavy atom. The summed E-state index contributed by atoms with van der Waals surface area (Å²) >= 11 is 5.31. The molecule has 1 amide bonds. The zero-order valence-electron chi connectivity index (χ0n) is 8.53. The number of nitrogens with two attached hydrogens (primary N) is 1. The number of nitrogens with one attached hydrogen (secondary N) is 1. The van der Waals surface area contributed by atoms with Gasteiger partial charge >= 0.3 is 0 Å². The van der Waals surface area contributed by atoms with Gasteiger partial charge in [-0.25, -0.2) is 13.6 Å². The SMILES string of the molecule is Cc1ccc(NC(=O)CCl)cc1S(N)(=O)=O. The first-order valence-corrected chi connectivity index (χ1v) is 6.42. The van der Waals surface area contributed by atoms with Gasteiger partial charge in [-0.3, -0.25) is 4.79 Å². The maximum absolute atomic E-state index is 11.2. The molecule has 0 aliphatic carbocycles. The van der Waals surface area contributed by atoms with Crippen LogP contribution in [0.1, 0.15) is 5.56 Å². The second kappa shape index (κ2) is 4.82. The van der Waals surface area contributed by atoms with Crippen LogP contribution in [0.2, 0.25) is 0 Å². The van der Waals surface area contributed by atoms with Crippen LogP contribution in [0.3, 0.4) is 0 Å². The fourth-order valence-corrected chi connectivity index (χ4v) is 2.05. The molecule has 1 aromatic rings. The van der Waals surface area contributed by atoms with Gasteiger partial charge in [0.05, 0.1) is 4.90 Å². The highest BCUT2D eigenvalue weighted by molar-refractivity contribution is 7.89. The third-order valence-electron chi connectivity index (χ3n) is 1.90. The van der Waals surface area contributed by atoms with E-state index in [1.807, 2.05) is 0 Å². The van der Waals surface area contributed by atoms with E-state index < -0.39 is 15.9 Å². The third-order valence-corrected chi connectivity index (χ3v) is 3.20. The van der Waals surface area contributed by atoms with Crippen molar-refractivity contribution in [3.8, 4) is 0 Å². The highest BCUT2D eigenvalue weighted by atomic mass is 35.5. The van der Waals surface area contributed by atoms with Crippen molar-refractivity contribution < 1.29 is 13.2 Å². The molecular weight excluding hydrogens is 252 g/mol. The van der Waals surface area contributed by atoms with Gasteiger partial charge in [0.2, 0.25) is 15.9 Å². The summed E-state index contributed by atoms with van der Waals surface area (Å²) < 4.78 is 22.4. The average molecular weight is 263 g/mol. The van der Waals surface area contributed by atoms with Gasteiger partial charge < -0.3 is 5.32 Å². The molecule has 3 N–H and O–H groups in total. The zero-order chi connectivity index (χ0) is 12.3. The highest BCUT2D eigenvalue weighted by Gasteiger charge is 2.12. The van der Waals surface area contributed by atoms with E-state index in [0.29, 0.717) is 11.3 Å². The number of carbonyl (C=O) groups excluding carboxylic acids is 1. The first kappa shape index (κ1) is 13.0. The van der Waals surface area contributed by atoms with Crippen LogP contribution in [0.5, 0.6) is 0 Å². The molecular formula is C9H11ClN2O3S. The second-order valence-electron chi connectivity index (χ2n) is 3.21. The van der Waals surface area contributed by atoms with Crippen molar-refractivity contribution in [1.82, 2.24) is 0 Å². The van der Waals surface area contributed by atoms with Crippen molar-refractivity contribution in [3.63, 3.8) is 0 Å². The van der Waals surface area contributed by atoms with Gasteiger partial charge in [-0.1, -0.05) is 6.07 Å². The molecule has 0 saturated carbocycles. The van der Waals surface area contributed by atoms with Crippen LogP contribution in [0.15, 0.2) is 23.1 Å². The lowest BCUT2D eigenvalue weighted by molar-refractivity contribution is -0.113. The average Bonchev–Trinajstić information content (AvgIpc) is 2.19. The Balaban J connectivity index is 3.13. The molecule has 0 aliphatic rings. The van der Waals surface area contributed by atoms with Crippen LogP contribution < -0.4 is 10.5 Å². The number of primary sulfonamides is 1. The first-order chi connectivity index (χ1) is 7.34. The van der Waals surface area contributed by atoms with Crippen LogP contribution in [-0.2, 0) is 14.8 Å². The van der Waals surface area contributed by atoms with Crippen molar-refractivity contribution in [2.45, 2.75) is 11.8 Å². The first-order valence-electron chi connectivity index (χ1n) is 4.34. The van der Waals surface area contributed by atoms with Gasteiger partial charge in [0, 0.05) is 5.69 Å². The number of alkyl halides is 1. The topological polar surface area (TPSA) is 89.3 Å². The summed E-state index contributed by atoms with van der Waals surface area (Å²) in [7, 11) is -3.78. The number of carbonyl (C=O) groups is 1. The van der Waals surface area contributed by atoms with E-state index in [1.54, 1.807) is 19.1 Å². The van der Waals surface area contributed by atoms with Gasteiger partial charge in [0.1, 0.15) is 5.88 Å². The lowest BCUT2D eigenvalue weighted by Crippen LogP contribution is -2.16. The Labute approximate surface area is 98.6 Å². The lowest BCUT2D eigenvalue weighted by atomic mass is 10.2. The zero-order valence-corrected chi connectivity index (χ0v) is 10.1. The fourth-order valence-electron chi connectivity index (χ4n) is 1.18. The van der Waals surface area contributed by atoms with E-state index in [1.165, 1.54) is 6.07 Å². The number of anilines is 1. The number of benzene rings is 1. The second-order valence-corrected chi connectivity index (χ2v) is 5.00. The molecule has 0 aromatic heterocycles. The smallest absolute Gasteiger partial charge is 0.239 e. The van der Waals surface area contributed by atoms with E-state index in [4.69, 9.17) is 16.7 Å². The van der Waals surface area contributed by atoms with Crippen LogP contribution in [0.4, 0.5) is 5.69 Å². The summed E-state index contributed by atoms with van der Waals surface area (Å²) in [6, 6.07) is 4.44. The number of hydrogen-bond acceptors (Lipinski definition) is 3. The molecule has 88 valence electrons. The molecule has 1 rings (SSSR count). The minimum Gasteiger partial charge on any atom is -0.325 e. The van der Waals surface area contributed by atoms with Crippen molar-refractivity contribution in [2.75, 3.05) is 11.2 Å². The summed E-state index contributed by atoms with van der Waals surface area (Å²) in [5, 5.41) is 7.46. The maximum atomic E-state index is 11.2. The summed E-state index contributed by atoms with van der Waals surface area (Å²) in [6.45, 7) is 1.62. The Morgan fingerprint density at radius 1 is 1.50 bits per heavy atom. The maximum Gasteiger partial charge on any atom is 0.239 e. The largest absolute Gasteiger partial charge is 0.325 e. The number of aryl methyl sites for hydroxylation is 1. The Morgan fingerprint density at radius 2 is 2.12 bits per heavy atom. The van der Waals surface area contributed by atoms with Crippen LogP contribution in [0.25, 0.3) is 0 Å². The molecule has 16 heavy (non-hydrogen) atoms. The van der Waals surface area contributed by atoms with Gasteiger partial charge in [-0.2, -0.15) is 0 Å². The van der Waals surface area contributed by atoms with Crippen molar-refractivity contribution in [1.29, 1.82) is 0 Å². The summed E-state index contributed by atoms with van der Waals surface area (Å²) in [6.07, 6.45) is 0. The Bertz CT molecular complexity index is 513. The van der Waals surface area contributed by atoms with Gasteiger partial charge in [0.25, 0.3) is 0 Å². The molecule has 0 radical (unpaired) electrons. The third kappa shape index (κ3) is 3.19. The predicted molar refractivity (Wildman–Crippen MR) is 61.9 cm³/mol.